The Morgan fingerprint density at radius 3 is 2.79 bits per heavy atom. The van der Waals surface area contributed by atoms with E-state index in [2.05, 4.69) is 15.3 Å². The van der Waals surface area contributed by atoms with Crippen molar-refractivity contribution < 1.29 is 9.53 Å². The van der Waals surface area contributed by atoms with E-state index in [1.54, 1.807) is 10.6 Å². The molecule has 7 nitrogen and oxygen atoms in total. The van der Waals surface area contributed by atoms with E-state index < -0.39 is 0 Å². The molecule has 0 radical (unpaired) electrons. The molecule has 3 rings (SSSR count). The van der Waals surface area contributed by atoms with Gasteiger partial charge in [-0.15, -0.1) is 0 Å². The lowest BCUT2D eigenvalue weighted by molar-refractivity contribution is -0.122. The second-order valence-electron chi connectivity index (χ2n) is 6.43. The molecular formula is C20H20Cl2N4O3. The number of pyridine rings is 1. The molecular weight excluding hydrogens is 415 g/mol. The number of benzene rings is 1. The summed E-state index contributed by atoms with van der Waals surface area (Å²) in [5.74, 6) is -0.176. The Kier molecular flexibility index (Phi) is 6.71. The number of carbonyl (C=O) groups excluding carboxylic acids is 1. The van der Waals surface area contributed by atoms with E-state index in [0.717, 1.165) is 22.9 Å². The van der Waals surface area contributed by atoms with Crippen molar-refractivity contribution in [1.29, 1.82) is 0 Å². The molecule has 1 N–H and O–H groups in total. The molecule has 0 aliphatic rings. The van der Waals surface area contributed by atoms with Crippen LogP contribution in [0.5, 0.6) is 5.75 Å². The summed E-state index contributed by atoms with van der Waals surface area (Å²) in [5, 5.41) is 3.85. The Morgan fingerprint density at radius 2 is 2.07 bits per heavy atom. The summed E-state index contributed by atoms with van der Waals surface area (Å²) < 4.78 is 7.13. The second-order valence-corrected chi connectivity index (χ2v) is 7.18. The van der Waals surface area contributed by atoms with Crippen LogP contribution in [0.15, 0.2) is 35.3 Å². The highest BCUT2D eigenvalue weighted by Gasteiger charge is 2.13. The van der Waals surface area contributed by atoms with Gasteiger partial charge in [-0.05, 0) is 41.8 Å². The van der Waals surface area contributed by atoms with Crippen LogP contribution in [-0.4, -0.2) is 34.1 Å². The van der Waals surface area contributed by atoms with Crippen molar-refractivity contribution in [2.24, 2.45) is 0 Å². The Morgan fingerprint density at radius 1 is 1.28 bits per heavy atom. The highest BCUT2D eigenvalue weighted by molar-refractivity contribution is 6.32. The maximum Gasteiger partial charge on any atom is 0.293 e. The van der Waals surface area contributed by atoms with Gasteiger partial charge in [-0.25, -0.2) is 9.97 Å². The minimum absolute atomic E-state index is 0.131. The van der Waals surface area contributed by atoms with E-state index in [1.807, 2.05) is 25.1 Å². The Labute approximate surface area is 177 Å². The topological polar surface area (TPSA) is 86.1 Å². The molecule has 152 valence electrons. The van der Waals surface area contributed by atoms with Gasteiger partial charge in [0, 0.05) is 25.4 Å². The summed E-state index contributed by atoms with van der Waals surface area (Å²) in [6.07, 6.45) is 2.71. The first-order chi connectivity index (χ1) is 13.9. The van der Waals surface area contributed by atoms with E-state index in [4.69, 9.17) is 27.9 Å². The van der Waals surface area contributed by atoms with Gasteiger partial charge in [-0.1, -0.05) is 24.6 Å². The molecule has 1 aromatic carbocycles. The van der Waals surface area contributed by atoms with Crippen molar-refractivity contribution >= 4 is 40.0 Å². The number of nitrogens with zero attached hydrogens (tertiary/aromatic N) is 3. The molecule has 0 saturated heterocycles. The first kappa shape index (κ1) is 21.1. The minimum Gasteiger partial charge on any atom is -0.478 e. The van der Waals surface area contributed by atoms with E-state index >= 15 is 0 Å². The predicted molar refractivity (Wildman–Crippen MR) is 113 cm³/mol. The number of rotatable bonds is 7. The molecule has 0 aliphatic carbocycles. The van der Waals surface area contributed by atoms with Crippen molar-refractivity contribution in [3.05, 3.63) is 62.4 Å². The van der Waals surface area contributed by atoms with E-state index in [1.165, 1.54) is 13.2 Å². The zero-order valence-electron chi connectivity index (χ0n) is 16.0. The minimum atomic E-state index is -0.310. The summed E-state index contributed by atoms with van der Waals surface area (Å²) >= 11 is 12.1. The molecule has 0 atom stereocenters. The molecule has 9 heteroatoms. The van der Waals surface area contributed by atoms with Gasteiger partial charge in [-0.3, -0.25) is 9.59 Å². The first-order valence-corrected chi connectivity index (χ1v) is 9.85. The number of aryl methyl sites for hydroxylation is 1. The number of hydrogen-bond donors (Lipinski definition) is 1. The number of nitrogens with one attached hydrogen (secondary N) is 1. The summed E-state index contributed by atoms with van der Waals surface area (Å²) in [7, 11) is 1.51. The molecule has 0 fully saturated rings. The van der Waals surface area contributed by atoms with Crippen LogP contribution in [0.2, 0.25) is 10.3 Å². The third-order valence-electron chi connectivity index (χ3n) is 4.37. The van der Waals surface area contributed by atoms with Gasteiger partial charge >= 0.3 is 0 Å². The Bertz CT molecular complexity index is 1110. The number of halogens is 2. The van der Waals surface area contributed by atoms with Crippen LogP contribution >= 0.6 is 23.2 Å². The number of carbonyl (C=O) groups is 1. The SMILES string of the molecule is CCCn1c(=O)c(OCC(=O)NC)cc2cc(Cc3nc(Cl)ncc3Cl)ccc21. The zero-order valence-corrected chi connectivity index (χ0v) is 17.5. The number of ether oxygens (including phenoxy) is 1. The van der Waals surface area contributed by atoms with Crippen LogP contribution in [0.4, 0.5) is 0 Å². The lowest BCUT2D eigenvalue weighted by atomic mass is 10.1. The normalized spacial score (nSPS) is 10.9. The zero-order chi connectivity index (χ0) is 21.0. The average Bonchev–Trinajstić information content (AvgIpc) is 2.71. The molecule has 3 aromatic rings. The van der Waals surface area contributed by atoms with Gasteiger partial charge in [0.25, 0.3) is 11.5 Å². The quantitative estimate of drug-likeness (QED) is 0.576. The van der Waals surface area contributed by atoms with Crippen molar-refractivity contribution in [2.75, 3.05) is 13.7 Å². The van der Waals surface area contributed by atoms with Crippen LogP contribution in [0, 0.1) is 0 Å². The number of hydrogen-bond acceptors (Lipinski definition) is 5. The average molecular weight is 435 g/mol. The first-order valence-electron chi connectivity index (χ1n) is 9.09. The molecule has 0 spiro atoms. The van der Waals surface area contributed by atoms with Crippen LogP contribution in [0.3, 0.4) is 0 Å². The van der Waals surface area contributed by atoms with E-state index in [9.17, 15) is 9.59 Å². The van der Waals surface area contributed by atoms with Gasteiger partial charge in [-0.2, -0.15) is 0 Å². The number of aromatic nitrogens is 3. The fraction of sp³-hybridized carbons (Fsp3) is 0.300. The monoisotopic (exact) mass is 434 g/mol. The largest absolute Gasteiger partial charge is 0.478 e. The predicted octanol–water partition coefficient (Wildman–Crippen LogP) is 3.22. The van der Waals surface area contributed by atoms with Crippen LogP contribution in [0.25, 0.3) is 10.9 Å². The van der Waals surface area contributed by atoms with E-state index in [-0.39, 0.29) is 29.1 Å². The van der Waals surface area contributed by atoms with Crippen LogP contribution in [0.1, 0.15) is 24.6 Å². The van der Waals surface area contributed by atoms with Crippen molar-refractivity contribution in [1.82, 2.24) is 19.9 Å². The lowest BCUT2D eigenvalue weighted by Crippen LogP contribution is -2.28. The number of fused-ring (bicyclic) bond motifs is 1. The summed E-state index contributed by atoms with van der Waals surface area (Å²) in [6, 6.07) is 7.41. The van der Waals surface area contributed by atoms with Gasteiger partial charge < -0.3 is 14.6 Å². The third kappa shape index (κ3) is 4.86. The van der Waals surface area contributed by atoms with E-state index in [0.29, 0.717) is 23.7 Å². The Balaban J connectivity index is 2.03. The van der Waals surface area contributed by atoms with Gasteiger partial charge in [0.1, 0.15) is 0 Å². The summed E-state index contributed by atoms with van der Waals surface area (Å²) in [4.78, 5) is 32.3. The molecule has 0 bridgehead atoms. The van der Waals surface area contributed by atoms with Gasteiger partial charge in [0.2, 0.25) is 5.28 Å². The highest BCUT2D eigenvalue weighted by Crippen LogP contribution is 2.23. The second kappa shape index (κ2) is 9.24. The standard InChI is InChI=1S/C20H20Cl2N4O3/c1-3-6-26-16-5-4-12(8-15-14(21)10-24-20(22)25-15)7-13(16)9-17(19(26)28)29-11-18(27)23-2/h4-5,7,9-10H,3,6,8,11H2,1-2H3,(H,23,27). The smallest absolute Gasteiger partial charge is 0.293 e. The molecule has 2 aromatic heterocycles. The highest BCUT2D eigenvalue weighted by atomic mass is 35.5. The van der Waals surface area contributed by atoms with Crippen molar-refractivity contribution in [2.45, 2.75) is 26.3 Å². The number of amides is 1. The van der Waals surface area contributed by atoms with Crippen LogP contribution in [-0.2, 0) is 17.8 Å². The molecule has 0 aliphatic heterocycles. The van der Waals surface area contributed by atoms with Gasteiger partial charge in [0.05, 0.1) is 22.4 Å². The number of likely N-dealkylation sites (N-methyl/N-ethyl adjacent to an activating group) is 1. The fourth-order valence-electron chi connectivity index (χ4n) is 2.98. The maximum atomic E-state index is 12.8. The third-order valence-corrected chi connectivity index (χ3v) is 4.87. The van der Waals surface area contributed by atoms with Gasteiger partial charge in [0.15, 0.2) is 12.4 Å². The molecule has 0 unspecified atom stereocenters. The molecule has 1 amide bonds. The maximum absolute atomic E-state index is 12.8. The van der Waals surface area contributed by atoms with Crippen molar-refractivity contribution in [3.8, 4) is 5.75 Å². The molecule has 29 heavy (non-hydrogen) atoms. The molecule has 0 saturated carbocycles. The Hall–Kier alpha value is -2.64. The van der Waals surface area contributed by atoms with Crippen LogP contribution < -0.4 is 15.6 Å². The lowest BCUT2D eigenvalue weighted by Gasteiger charge is -2.14. The summed E-state index contributed by atoms with van der Waals surface area (Å²) in [6.45, 7) is 2.31. The molecule has 2 heterocycles. The fourth-order valence-corrected chi connectivity index (χ4v) is 3.29. The van der Waals surface area contributed by atoms with Crippen molar-refractivity contribution in [3.63, 3.8) is 0 Å². The summed E-state index contributed by atoms with van der Waals surface area (Å²) in [5.41, 5.74) is 2.08.